The molecule has 0 aromatic carbocycles. The van der Waals surface area contributed by atoms with Gasteiger partial charge in [0.25, 0.3) is 0 Å². The Morgan fingerprint density at radius 3 is 1.62 bits per heavy atom. The third-order valence-corrected chi connectivity index (χ3v) is 1.64. The van der Waals surface area contributed by atoms with Crippen LogP contribution in [-0.2, 0) is 0 Å². The Bertz CT molecular complexity index is 52.4. The van der Waals surface area contributed by atoms with E-state index in [0.29, 0.717) is 0 Å². The average Bonchev–Trinajstić information content (AvgIpc) is 1.69. The summed E-state index contributed by atoms with van der Waals surface area (Å²) in [6.45, 7) is 5.88. The second kappa shape index (κ2) is 4.42. The van der Waals surface area contributed by atoms with Crippen LogP contribution in [0.15, 0.2) is 0 Å². The molecule has 0 atom stereocenters. The Labute approximate surface area is 60.6 Å². The van der Waals surface area contributed by atoms with E-state index in [-0.39, 0.29) is 4.96 Å². The second-order valence-corrected chi connectivity index (χ2v) is 2.55. The first-order chi connectivity index (χ1) is 3.72. The van der Waals surface area contributed by atoms with Crippen molar-refractivity contribution in [3.63, 3.8) is 0 Å². The highest BCUT2D eigenvalue weighted by Crippen LogP contribution is 2.07. The topological polar surface area (TPSA) is 3.24 Å². The summed E-state index contributed by atoms with van der Waals surface area (Å²) in [5.41, 5.74) is 0. The van der Waals surface area contributed by atoms with Crippen LogP contribution in [0.4, 0.5) is 0 Å². The molecule has 0 unspecified atom stereocenters. The van der Waals surface area contributed by atoms with Gasteiger partial charge in [0.05, 0.1) is 0 Å². The maximum Gasteiger partial charge on any atom is 0.160 e. The van der Waals surface area contributed by atoms with Gasteiger partial charge in [0.2, 0.25) is 0 Å². The zero-order chi connectivity index (χ0) is 6.57. The van der Waals surface area contributed by atoms with Crippen LogP contribution in [0.25, 0.3) is 0 Å². The Morgan fingerprint density at radius 2 is 1.62 bits per heavy atom. The van der Waals surface area contributed by atoms with E-state index in [1.54, 1.807) is 0 Å². The first-order valence-electron chi connectivity index (χ1n) is 2.74. The summed E-state index contributed by atoms with van der Waals surface area (Å²) in [5, 5.41) is 0. The summed E-state index contributed by atoms with van der Waals surface area (Å²) in [6.07, 6.45) is 0. The molecule has 50 valence electrons. The van der Waals surface area contributed by atoms with E-state index in [9.17, 15) is 0 Å². The average molecular weight is 156 g/mol. The minimum atomic E-state index is -0.343. The van der Waals surface area contributed by atoms with Crippen molar-refractivity contribution >= 4 is 23.2 Å². The zero-order valence-corrected chi connectivity index (χ0v) is 6.71. The van der Waals surface area contributed by atoms with Crippen molar-refractivity contribution in [2.75, 3.05) is 13.1 Å². The van der Waals surface area contributed by atoms with Crippen LogP contribution in [-0.4, -0.2) is 22.9 Å². The van der Waals surface area contributed by atoms with Gasteiger partial charge in [0.15, 0.2) is 4.96 Å². The summed E-state index contributed by atoms with van der Waals surface area (Å²) in [7, 11) is 0. The van der Waals surface area contributed by atoms with Crippen LogP contribution in [0.3, 0.4) is 0 Å². The van der Waals surface area contributed by atoms with Gasteiger partial charge in [-0.3, -0.25) is 4.90 Å². The van der Waals surface area contributed by atoms with Gasteiger partial charge in [0, 0.05) is 0 Å². The molecule has 0 aliphatic rings. The quantitative estimate of drug-likeness (QED) is 0.446. The maximum atomic E-state index is 5.54. The van der Waals surface area contributed by atoms with E-state index >= 15 is 0 Å². The number of hydrogen-bond acceptors (Lipinski definition) is 1. The molecule has 0 aliphatic heterocycles. The van der Waals surface area contributed by atoms with Crippen molar-refractivity contribution in [1.82, 2.24) is 4.90 Å². The second-order valence-electron chi connectivity index (χ2n) is 1.50. The summed E-state index contributed by atoms with van der Waals surface area (Å²) in [6, 6.07) is 0. The minimum absolute atomic E-state index is 0.343. The standard InChI is InChI=1S/C5H11Cl2N/c1-3-8(4-2)5(6)7/h5H,3-4H2,1-2H3. The molecular formula is C5H11Cl2N. The van der Waals surface area contributed by atoms with Crippen molar-refractivity contribution in [2.24, 2.45) is 0 Å². The van der Waals surface area contributed by atoms with Gasteiger partial charge in [-0.15, -0.1) is 0 Å². The minimum Gasteiger partial charge on any atom is -0.276 e. The molecule has 0 bridgehead atoms. The number of nitrogens with zero attached hydrogens (tertiary/aromatic N) is 1. The van der Waals surface area contributed by atoms with Crippen LogP contribution < -0.4 is 0 Å². The zero-order valence-electron chi connectivity index (χ0n) is 5.19. The summed E-state index contributed by atoms with van der Waals surface area (Å²) in [4.78, 5) is 1.60. The molecule has 0 aromatic heterocycles. The fourth-order valence-corrected chi connectivity index (χ4v) is 1.05. The molecule has 0 heterocycles. The van der Waals surface area contributed by atoms with Gasteiger partial charge in [-0.2, -0.15) is 0 Å². The van der Waals surface area contributed by atoms with Crippen molar-refractivity contribution in [1.29, 1.82) is 0 Å². The van der Waals surface area contributed by atoms with Crippen molar-refractivity contribution in [3.05, 3.63) is 0 Å². The highest BCUT2D eigenvalue weighted by molar-refractivity contribution is 6.43. The molecule has 0 amide bonds. The van der Waals surface area contributed by atoms with E-state index < -0.39 is 0 Å². The lowest BCUT2D eigenvalue weighted by Crippen LogP contribution is -2.26. The molecule has 0 N–H and O–H groups in total. The van der Waals surface area contributed by atoms with Gasteiger partial charge in [-0.05, 0) is 13.1 Å². The molecular weight excluding hydrogens is 145 g/mol. The normalized spacial score (nSPS) is 11.2. The van der Waals surface area contributed by atoms with Gasteiger partial charge in [-0.1, -0.05) is 37.0 Å². The third-order valence-electron chi connectivity index (χ3n) is 1.09. The molecule has 0 radical (unpaired) electrons. The van der Waals surface area contributed by atoms with E-state index in [2.05, 4.69) is 0 Å². The fourth-order valence-electron chi connectivity index (χ4n) is 0.500. The number of rotatable bonds is 3. The lowest BCUT2D eigenvalue weighted by molar-refractivity contribution is 0.331. The van der Waals surface area contributed by atoms with E-state index in [4.69, 9.17) is 23.2 Å². The number of hydrogen-bond donors (Lipinski definition) is 0. The number of halogens is 2. The summed E-state index contributed by atoms with van der Waals surface area (Å²) < 4.78 is 0. The fraction of sp³-hybridized carbons (Fsp3) is 1.00. The Balaban J connectivity index is 3.35. The van der Waals surface area contributed by atoms with Crippen LogP contribution in [0, 0.1) is 0 Å². The maximum absolute atomic E-state index is 5.54. The van der Waals surface area contributed by atoms with Crippen molar-refractivity contribution in [3.8, 4) is 0 Å². The summed E-state index contributed by atoms with van der Waals surface area (Å²) >= 11 is 11.1. The van der Waals surface area contributed by atoms with E-state index in [1.165, 1.54) is 0 Å². The Morgan fingerprint density at radius 1 is 1.25 bits per heavy atom. The van der Waals surface area contributed by atoms with Crippen LogP contribution >= 0.6 is 23.2 Å². The molecule has 0 fully saturated rings. The Hall–Kier alpha value is 0.540. The molecule has 8 heavy (non-hydrogen) atoms. The van der Waals surface area contributed by atoms with Crippen LogP contribution in [0.5, 0.6) is 0 Å². The van der Waals surface area contributed by atoms with Crippen molar-refractivity contribution < 1.29 is 0 Å². The smallest absolute Gasteiger partial charge is 0.160 e. The monoisotopic (exact) mass is 155 g/mol. The van der Waals surface area contributed by atoms with E-state index in [1.807, 2.05) is 18.7 Å². The molecule has 0 saturated heterocycles. The first kappa shape index (κ1) is 8.54. The van der Waals surface area contributed by atoms with Gasteiger partial charge in [-0.25, -0.2) is 0 Å². The molecule has 0 aliphatic carbocycles. The van der Waals surface area contributed by atoms with Gasteiger partial charge >= 0.3 is 0 Å². The van der Waals surface area contributed by atoms with Crippen molar-refractivity contribution in [2.45, 2.75) is 18.8 Å². The van der Waals surface area contributed by atoms with Crippen LogP contribution in [0.2, 0.25) is 0 Å². The first-order valence-corrected chi connectivity index (χ1v) is 3.61. The molecule has 0 aromatic rings. The van der Waals surface area contributed by atoms with Gasteiger partial charge < -0.3 is 0 Å². The number of alkyl halides is 2. The molecule has 0 saturated carbocycles. The van der Waals surface area contributed by atoms with Crippen LogP contribution in [0.1, 0.15) is 13.8 Å². The Kier molecular flexibility index (Phi) is 4.72. The predicted molar refractivity (Wildman–Crippen MR) is 38.4 cm³/mol. The molecule has 0 rings (SSSR count). The highest BCUT2D eigenvalue weighted by atomic mass is 35.5. The molecule has 1 nitrogen and oxygen atoms in total. The molecule has 3 heteroatoms. The lowest BCUT2D eigenvalue weighted by atomic mass is 10.6. The largest absolute Gasteiger partial charge is 0.276 e. The van der Waals surface area contributed by atoms with Gasteiger partial charge in [0.1, 0.15) is 0 Å². The van der Waals surface area contributed by atoms with E-state index in [0.717, 1.165) is 13.1 Å². The lowest BCUT2D eigenvalue weighted by Gasteiger charge is -2.17. The third kappa shape index (κ3) is 2.75. The highest BCUT2D eigenvalue weighted by Gasteiger charge is 2.05. The predicted octanol–water partition coefficient (Wildman–Crippen LogP) is 2.09. The SMILES string of the molecule is CCN(CC)C(Cl)Cl. The molecule has 0 spiro atoms. The summed E-state index contributed by atoms with van der Waals surface area (Å²) in [5.74, 6) is 0.